The summed E-state index contributed by atoms with van der Waals surface area (Å²) in [6.45, 7) is 7.53. The van der Waals surface area contributed by atoms with Gasteiger partial charge in [-0.1, -0.05) is 54.9 Å². The summed E-state index contributed by atoms with van der Waals surface area (Å²) >= 11 is 1.15. The third-order valence-electron chi connectivity index (χ3n) is 6.57. The summed E-state index contributed by atoms with van der Waals surface area (Å²) in [7, 11) is 0. The van der Waals surface area contributed by atoms with Gasteiger partial charge in [-0.25, -0.2) is 8.78 Å². The number of allylic oxidation sites excluding steroid dienone is 4. The van der Waals surface area contributed by atoms with Gasteiger partial charge in [-0.3, -0.25) is 14.4 Å². The number of nitrogens with one attached hydrogen (secondary N) is 1. The summed E-state index contributed by atoms with van der Waals surface area (Å²) in [5, 5.41) is 0. The van der Waals surface area contributed by atoms with Crippen LogP contribution in [0.15, 0.2) is 78.7 Å². The number of rotatable bonds is 11. The molecule has 36 heavy (non-hydrogen) atoms. The molecule has 1 N–H and O–H groups in total. The van der Waals surface area contributed by atoms with Crippen LogP contribution in [0.5, 0.6) is 5.75 Å². The minimum Gasteiger partial charge on any atom is -0.493 e. The largest absolute Gasteiger partial charge is 0.493 e. The number of amides is 1. The Bertz CT molecular complexity index is 1160. The molecule has 4 rings (SSSR count). The van der Waals surface area contributed by atoms with E-state index >= 15 is 0 Å². The Kier molecular flexibility index (Phi) is 8.64. The van der Waals surface area contributed by atoms with Crippen LogP contribution in [-0.2, 0) is 0 Å². The third kappa shape index (κ3) is 6.26. The van der Waals surface area contributed by atoms with Gasteiger partial charge < -0.3 is 4.74 Å². The summed E-state index contributed by atoms with van der Waals surface area (Å²) < 4.78 is 37.6. The Labute approximate surface area is 216 Å². The van der Waals surface area contributed by atoms with Gasteiger partial charge in [0.2, 0.25) is 0 Å². The van der Waals surface area contributed by atoms with Gasteiger partial charge in [0.1, 0.15) is 17.4 Å². The van der Waals surface area contributed by atoms with Crippen LogP contribution in [0.25, 0.3) is 0 Å². The molecule has 0 bridgehead atoms. The van der Waals surface area contributed by atoms with E-state index in [1.165, 1.54) is 18.2 Å². The van der Waals surface area contributed by atoms with Crippen LogP contribution in [0.1, 0.15) is 53.2 Å². The second-order valence-corrected chi connectivity index (χ2v) is 10.0. The lowest BCUT2D eigenvalue weighted by molar-refractivity contribution is 0.0362. The van der Waals surface area contributed by atoms with Crippen molar-refractivity contribution < 1.29 is 18.3 Å². The fourth-order valence-electron chi connectivity index (χ4n) is 4.72. The first kappa shape index (κ1) is 26.2. The number of benzene rings is 2. The first-order chi connectivity index (χ1) is 17.4. The molecule has 4 nitrogen and oxygen atoms in total. The van der Waals surface area contributed by atoms with Crippen LogP contribution < -0.4 is 9.46 Å². The molecule has 1 atom stereocenters. The van der Waals surface area contributed by atoms with Gasteiger partial charge >= 0.3 is 0 Å². The highest BCUT2D eigenvalue weighted by atomic mass is 32.2. The van der Waals surface area contributed by atoms with Crippen molar-refractivity contribution in [3.8, 4) is 5.75 Å². The number of carbonyl (C=O) groups excluding carboxylic acids is 1. The number of carbonyl (C=O) groups is 1. The summed E-state index contributed by atoms with van der Waals surface area (Å²) in [4.78, 5) is 14.5. The average molecular weight is 511 g/mol. The van der Waals surface area contributed by atoms with Crippen molar-refractivity contribution in [3.63, 3.8) is 0 Å². The van der Waals surface area contributed by atoms with Crippen molar-refractivity contribution in [2.45, 2.75) is 31.7 Å². The van der Waals surface area contributed by atoms with Crippen molar-refractivity contribution in [2.24, 2.45) is 5.92 Å². The molecule has 0 aromatic heterocycles. The molecule has 2 aliphatic rings. The van der Waals surface area contributed by atoms with Crippen molar-refractivity contribution >= 4 is 17.9 Å². The summed E-state index contributed by atoms with van der Waals surface area (Å²) in [6, 6.07) is 13.0. The summed E-state index contributed by atoms with van der Waals surface area (Å²) in [6.07, 6.45) is 8.11. The van der Waals surface area contributed by atoms with Crippen LogP contribution >= 0.6 is 11.9 Å². The summed E-state index contributed by atoms with van der Waals surface area (Å²) in [5.74, 6) is -0.219. The van der Waals surface area contributed by atoms with Crippen molar-refractivity contribution in [2.75, 3.05) is 26.0 Å². The standard InChI is InChI=1S/C29H32F2N2O2S/c1-4-8-23(30)13-19(2)28(22-9-6-5-7-10-22)33-16-20(17-33)18-35-27-15-26(31)25(29(34)32-36-3)14-24(27)21-11-12-21/h4-10,13-15,20-21,28H,1,11-12,16-18H2,2-3H3,(H,32,34)/b19-13+,23-8+. The van der Waals surface area contributed by atoms with Gasteiger partial charge in [-0.2, -0.15) is 0 Å². The van der Waals surface area contributed by atoms with Crippen LogP contribution in [0.3, 0.4) is 0 Å². The summed E-state index contributed by atoms with van der Waals surface area (Å²) in [5.41, 5.74) is 2.98. The number of halogens is 2. The molecule has 2 fully saturated rings. The smallest absolute Gasteiger partial charge is 0.264 e. The van der Waals surface area contributed by atoms with Gasteiger partial charge in [-0.15, -0.1) is 0 Å². The fraction of sp³-hybridized carbons (Fsp3) is 0.345. The molecule has 2 aromatic carbocycles. The van der Waals surface area contributed by atoms with E-state index in [1.54, 1.807) is 18.4 Å². The van der Waals surface area contributed by atoms with Gasteiger partial charge in [0.05, 0.1) is 18.2 Å². The first-order valence-electron chi connectivity index (χ1n) is 12.2. The van der Waals surface area contributed by atoms with E-state index in [4.69, 9.17) is 4.74 Å². The molecular weight excluding hydrogens is 478 g/mol. The maximum atomic E-state index is 14.7. The van der Waals surface area contributed by atoms with Crippen molar-refractivity contribution in [1.82, 2.24) is 9.62 Å². The highest BCUT2D eigenvalue weighted by molar-refractivity contribution is 7.97. The van der Waals surface area contributed by atoms with Gasteiger partial charge in [-0.05, 0) is 60.6 Å². The lowest BCUT2D eigenvalue weighted by atomic mass is 9.90. The molecule has 1 saturated carbocycles. The minimum absolute atomic E-state index is 0.0416. The second-order valence-electron chi connectivity index (χ2n) is 9.40. The van der Waals surface area contributed by atoms with Crippen LogP contribution in [0, 0.1) is 11.7 Å². The normalized spacial score (nSPS) is 17.9. The van der Waals surface area contributed by atoms with E-state index in [1.807, 2.05) is 25.1 Å². The van der Waals surface area contributed by atoms with Crippen molar-refractivity contribution in [1.29, 1.82) is 0 Å². The first-order valence-corrected chi connectivity index (χ1v) is 13.4. The quantitative estimate of drug-likeness (QED) is 0.268. The maximum Gasteiger partial charge on any atom is 0.264 e. The maximum absolute atomic E-state index is 14.7. The van der Waals surface area contributed by atoms with Gasteiger partial charge in [0.15, 0.2) is 0 Å². The van der Waals surface area contributed by atoms with Crippen LogP contribution in [0.2, 0.25) is 0 Å². The molecule has 1 unspecified atom stereocenters. The molecule has 1 aliphatic heterocycles. The minimum atomic E-state index is -0.573. The molecule has 1 amide bonds. The van der Waals surface area contributed by atoms with Crippen LogP contribution in [0.4, 0.5) is 8.78 Å². The SMILES string of the molecule is C=C/C=C(F)\C=C(/C)C(c1ccccc1)N1CC(COc2cc(F)c(C(=O)NSC)cc2C2CC2)C1. The fourth-order valence-corrected chi connectivity index (χ4v) is 5.01. The highest BCUT2D eigenvalue weighted by Gasteiger charge is 2.35. The molecule has 1 heterocycles. The molecule has 7 heteroatoms. The number of likely N-dealkylation sites (tertiary alicyclic amines) is 1. The number of hydrogen-bond acceptors (Lipinski definition) is 4. The van der Waals surface area contributed by atoms with E-state index in [0.29, 0.717) is 18.3 Å². The Morgan fingerprint density at radius 3 is 2.64 bits per heavy atom. The van der Waals surface area contributed by atoms with Gasteiger partial charge in [0, 0.05) is 31.3 Å². The predicted molar refractivity (Wildman–Crippen MR) is 142 cm³/mol. The zero-order valence-electron chi connectivity index (χ0n) is 20.7. The topological polar surface area (TPSA) is 41.6 Å². The van der Waals surface area contributed by atoms with E-state index < -0.39 is 11.7 Å². The van der Waals surface area contributed by atoms with Gasteiger partial charge in [0.25, 0.3) is 5.91 Å². The lowest BCUT2D eigenvalue weighted by Crippen LogP contribution is -2.51. The van der Waals surface area contributed by atoms with E-state index in [0.717, 1.165) is 54.6 Å². The van der Waals surface area contributed by atoms with Crippen LogP contribution in [-0.4, -0.2) is 36.8 Å². The highest BCUT2D eigenvalue weighted by Crippen LogP contribution is 2.45. The third-order valence-corrected chi connectivity index (χ3v) is 6.96. The molecule has 0 spiro atoms. The zero-order valence-corrected chi connectivity index (χ0v) is 21.5. The van der Waals surface area contributed by atoms with E-state index in [-0.39, 0.29) is 23.4 Å². The average Bonchev–Trinajstić information content (AvgIpc) is 3.66. The predicted octanol–water partition coefficient (Wildman–Crippen LogP) is 6.75. The van der Waals surface area contributed by atoms with E-state index in [2.05, 4.69) is 28.3 Å². The Hall–Kier alpha value is -2.90. The Balaban J connectivity index is 1.44. The number of hydrogen-bond donors (Lipinski definition) is 1. The Morgan fingerprint density at radius 1 is 1.28 bits per heavy atom. The second kappa shape index (κ2) is 11.9. The van der Waals surface area contributed by atoms with E-state index in [9.17, 15) is 13.6 Å². The molecule has 0 radical (unpaired) electrons. The molecular formula is C29H32F2N2O2S. The zero-order chi connectivity index (χ0) is 25.7. The van der Waals surface area contributed by atoms with Crippen molar-refractivity contribution in [3.05, 3.63) is 101 Å². The molecule has 190 valence electrons. The monoisotopic (exact) mass is 510 g/mol. The molecule has 2 aromatic rings. The lowest BCUT2D eigenvalue weighted by Gasteiger charge is -2.45. The number of nitrogens with zero attached hydrogens (tertiary/aromatic N) is 1. The molecule has 1 saturated heterocycles. The Morgan fingerprint density at radius 2 is 2.00 bits per heavy atom. The number of ether oxygens (including phenoxy) is 1. The molecule has 1 aliphatic carbocycles.